The van der Waals surface area contributed by atoms with Gasteiger partial charge in [-0.3, -0.25) is 0 Å². The molecule has 0 saturated carbocycles. The number of hydrogen-bond donors (Lipinski definition) is 1. The number of aliphatic hydroxyl groups is 1. The molecule has 1 aliphatic rings. The quantitative estimate of drug-likeness (QED) is 0.653. The van der Waals surface area contributed by atoms with E-state index in [-0.39, 0.29) is 19.1 Å². The van der Waals surface area contributed by atoms with Crippen LogP contribution >= 0.6 is 0 Å². The molecule has 1 unspecified atom stereocenters. The van der Waals surface area contributed by atoms with Crippen LogP contribution in [0.25, 0.3) is 0 Å². The third-order valence-corrected chi connectivity index (χ3v) is 4.33. The Morgan fingerprint density at radius 2 is 2.00 bits per heavy atom. The second kappa shape index (κ2) is 7.68. The van der Waals surface area contributed by atoms with Crippen molar-refractivity contribution in [2.24, 2.45) is 5.92 Å². The lowest BCUT2D eigenvalue weighted by molar-refractivity contribution is -0.334. The first-order valence-electron chi connectivity index (χ1n) is 8.55. The maximum absolute atomic E-state index is 12.5. The fraction of sp³-hybridized carbons (Fsp3) is 0.550. The van der Waals surface area contributed by atoms with Gasteiger partial charge >= 0.3 is 5.97 Å². The number of aliphatic hydroxyl groups excluding tert-OH is 1. The second-order valence-corrected chi connectivity index (χ2v) is 7.33. The zero-order valence-electron chi connectivity index (χ0n) is 15.6. The Kier molecular flexibility index (Phi) is 6.03. The van der Waals surface area contributed by atoms with Gasteiger partial charge in [-0.25, -0.2) is 4.79 Å². The van der Waals surface area contributed by atoms with Crippen molar-refractivity contribution < 1.29 is 24.1 Å². The van der Waals surface area contributed by atoms with E-state index in [0.29, 0.717) is 5.56 Å². The molecule has 0 aromatic heterocycles. The number of carbonyl (C=O) groups is 1. The lowest BCUT2D eigenvalue weighted by Gasteiger charge is -2.48. The Balaban J connectivity index is 2.26. The average Bonchev–Trinajstić information content (AvgIpc) is 2.58. The van der Waals surface area contributed by atoms with Gasteiger partial charge in [0.05, 0.1) is 18.8 Å². The van der Waals surface area contributed by atoms with Crippen molar-refractivity contribution >= 4 is 5.97 Å². The number of ether oxygens (including phenoxy) is 3. The van der Waals surface area contributed by atoms with Crippen molar-refractivity contribution in [3.05, 3.63) is 47.5 Å². The van der Waals surface area contributed by atoms with Crippen LogP contribution in [0.1, 0.15) is 45.0 Å². The lowest BCUT2D eigenvalue weighted by atomic mass is 9.86. The van der Waals surface area contributed by atoms with E-state index in [1.807, 2.05) is 46.8 Å². The molecule has 1 aliphatic heterocycles. The summed E-state index contributed by atoms with van der Waals surface area (Å²) in [6.45, 7) is 9.57. The molecule has 5 heteroatoms. The molecule has 0 bridgehead atoms. The SMILES string of the molecule is C/C(=C\[C@H](C)C1OC(C)(C)OC[C@@]1(C)OC(=O)c1ccccc1)CO. The van der Waals surface area contributed by atoms with Crippen LogP contribution in [0, 0.1) is 5.92 Å². The average molecular weight is 348 g/mol. The zero-order valence-corrected chi connectivity index (χ0v) is 15.6. The molecule has 1 aromatic carbocycles. The van der Waals surface area contributed by atoms with Crippen LogP contribution < -0.4 is 0 Å². The Bertz CT molecular complexity index is 622. The van der Waals surface area contributed by atoms with Gasteiger partial charge in [0.15, 0.2) is 11.4 Å². The summed E-state index contributed by atoms with van der Waals surface area (Å²) in [6, 6.07) is 8.87. The standard InChI is InChI=1S/C20H28O5/c1-14(12-21)11-15(2)17-20(5,13-23-19(3,4)24-17)25-18(22)16-9-7-6-8-10-16/h6-11,15,17,21H,12-13H2,1-5H3/b14-11+/t15-,17?,20+/m0/s1. The van der Waals surface area contributed by atoms with E-state index in [2.05, 4.69) is 0 Å². The Morgan fingerprint density at radius 3 is 2.60 bits per heavy atom. The maximum Gasteiger partial charge on any atom is 0.338 e. The predicted octanol–water partition coefficient (Wildman–Crippen LogP) is 3.33. The van der Waals surface area contributed by atoms with Crippen molar-refractivity contribution in [3.8, 4) is 0 Å². The Morgan fingerprint density at radius 1 is 1.36 bits per heavy atom. The van der Waals surface area contributed by atoms with Crippen LogP contribution in [0.3, 0.4) is 0 Å². The first-order chi connectivity index (χ1) is 11.7. The number of carbonyl (C=O) groups excluding carboxylic acids is 1. The minimum Gasteiger partial charge on any atom is -0.450 e. The van der Waals surface area contributed by atoms with E-state index < -0.39 is 23.5 Å². The van der Waals surface area contributed by atoms with Crippen LogP contribution in [0.4, 0.5) is 0 Å². The number of esters is 1. The third-order valence-electron chi connectivity index (χ3n) is 4.33. The topological polar surface area (TPSA) is 65.0 Å². The van der Waals surface area contributed by atoms with Gasteiger partial charge in [-0.1, -0.05) is 36.8 Å². The minimum absolute atomic E-state index is 0.0164. The summed E-state index contributed by atoms with van der Waals surface area (Å²) in [6.07, 6.45) is 1.55. The van der Waals surface area contributed by atoms with Gasteiger partial charge in [-0.2, -0.15) is 0 Å². The van der Waals surface area contributed by atoms with Gasteiger partial charge < -0.3 is 19.3 Å². The van der Waals surface area contributed by atoms with Gasteiger partial charge in [-0.05, 0) is 39.8 Å². The zero-order chi connectivity index (χ0) is 18.7. The van der Waals surface area contributed by atoms with E-state index in [1.165, 1.54) is 0 Å². The molecule has 1 heterocycles. The molecular formula is C20H28O5. The fourth-order valence-electron chi connectivity index (χ4n) is 3.05. The molecular weight excluding hydrogens is 320 g/mol. The van der Waals surface area contributed by atoms with Crippen LogP contribution in [-0.2, 0) is 14.2 Å². The summed E-state index contributed by atoms with van der Waals surface area (Å²) < 4.78 is 17.7. The van der Waals surface area contributed by atoms with Crippen LogP contribution in [0.15, 0.2) is 42.0 Å². The highest BCUT2D eigenvalue weighted by atomic mass is 16.7. The molecule has 5 nitrogen and oxygen atoms in total. The molecule has 2 rings (SSSR count). The van der Waals surface area contributed by atoms with Crippen molar-refractivity contribution in [1.82, 2.24) is 0 Å². The predicted molar refractivity (Wildman–Crippen MR) is 95.2 cm³/mol. The van der Waals surface area contributed by atoms with Crippen LogP contribution in [0.2, 0.25) is 0 Å². The molecule has 1 fully saturated rings. The van der Waals surface area contributed by atoms with Gasteiger partial charge in [0.2, 0.25) is 0 Å². The van der Waals surface area contributed by atoms with E-state index in [9.17, 15) is 9.90 Å². The van der Waals surface area contributed by atoms with Crippen molar-refractivity contribution in [1.29, 1.82) is 0 Å². The smallest absolute Gasteiger partial charge is 0.338 e. The monoisotopic (exact) mass is 348 g/mol. The molecule has 0 amide bonds. The van der Waals surface area contributed by atoms with E-state index in [4.69, 9.17) is 14.2 Å². The van der Waals surface area contributed by atoms with Crippen molar-refractivity contribution in [2.45, 2.75) is 52.1 Å². The lowest BCUT2D eigenvalue weighted by Crippen LogP contribution is -2.60. The van der Waals surface area contributed by atoms with Gasteiger partial charge in [0.25, 0.3) is 0 Å². The molecule has 138 valence electrons. The summed E-state index contributed by atoms with van der Waals surface area (Å²) in [5, 5.41) is 9.29. The highest BCUT2D eigenvalue weighted by Crippen LogP contribution is 2.36. The highest BCUT2D eigenvalue weighted by Gasteiger charge is 2.49. The van der Waals surface area contributed by atoms with Gasteiger partial charge in [0.1, 0.15) is 6.10 Å². The van der Waals surface area contributed by atoms with Gasteiger partial charge in [-0.15, -0.1) is 0 Å². The molecule has 0 aliphatic carbocycles. The summed E-state index contributed by atoms with van der Waals surface area (Å²) >= 11 is 0. The molecule has 0 radical (unpaired) electrons. The summed E-state index contributed by atoms with van der Waals surface area (Å²) in [5.41, 5.74) is 0.396. The van der Waals surface area contributed by atoms with E-state index in [0.717, 1.165) is 5.57 Å². The second-order valence-electron chi connectivity index (χ2n) is 7.33. The molecule has 3 atom stereocenters. The normalized spacial score (nSPS) is 27.6. The number of rotatable bonds is 5. The van der Waals surface area contributed by atoms with Crippen molar-refractivity contribution in [3.63, 3.8) is 0 Å². The number of benzene rings is 1. The largest absolute Gasteiger partial charge is 0.450 e. The third kappa shape index (κ3) is 4.91. The summed E-state index contributed by atoms with van der Waals surface area (Å²) in [4.78, 5) is 12.5. The first-order valence-corrected chi connectivity index (χ1v) is 8.55. The van der Waals surface area contributed by atoms with Crippen LogP contribution in [0.5, 0.6) is 0 Å². The maximum atomic E-state index is 12.5. The van der Waals surface area contributed by atoms with E-state index in [1.54, 1.807) is 24.3 Å². The molecule has 1 N–H and O–H groups in total. The first kappa shape index (κ1) is 19.6. The molecule has 1 aromatic rings. The highest BCUT2D eigenvalue weighted by molar-refractivity contribution is 5.89. The summed E-state index contributed by atoms with van der Waals surface area (Å²) in [7, 11) is 0. The Hall–Kier alpha value is -1.69. The fourth-order valence-corrected chi connectivity index (χ4v) is 3.05. The number of hydrogen-bond acceptors (Lipinski definition) is 5. The molecule has 1 saturated heterocycles. The van der Waals surface area contributed by atoms with E-state index >= 15 is 0 Å². The molecule has 25 heavy (non-hydrogen) atoms. The van der Waals surface area contributed by atoms with Crippen molar-refractivity contribution in [2.75, 3.05) is 13.2 Å². The summed E-state index contributed by atoms with van der Waals surface area (Å²) in [5.74, 6) is -1.24. The van der Waals surface area contributed by atoms with Crippen LogP contribution in [-0.4, -0.2) is 41.8 Å². The van der Waals surface area contributed by atoms with Gasteiger partial charge in [0, 0.05) is 5.92 Å². The minimum atomic E-state index is -0.936. The Labute approximate surface area is 149 Å². The molecule has 0 spiro atoms.